The summed E-state index contributed by atoms with van der Waals surface area (Å²) < 4.78 is 5.26. The normalized spacial score (nSPS) is 14.4. The average Bonchev–Trinajstić information content (AvgIpc) is 2.71. The van der Waals surface area contributed by atoms with E-state index in [1.807, 2.05) is 6.92 Å². The van der Waals surface area contributed by atoms with Crippen LogP contribution in [-0.4, -0.2) is 23.0 Å². The summed E-state index contributed by atoms with van der Waals surface area (Å²) in [5.41, 5.74) is 0. The smallest absolute Gasteiger partial charge is 0.308 e. The van der Waals surface area contributed by atoms with Gasteiger partial charge < -0.3 is 14.8 Å². The molecule has 0 spiro atoms. The van der Waals surface area contributed by atoms with Crippen molar-refractivity contribution in [1.82, 2.24) is 5.32 Å². The number of hydrogen-bond donors (Lipinski definition) is 2. The molecule has 1 amide bonds. The monoisotopic (exact) mass is 251 g/mol. The Morgan fingerprint density at radius 1 is 1.39 bits per heavy atom. The fourth-order valence-electron chi connectivity index (χ4n) is 1.31. The molecule has 0 aromatic carbocycles. The van der Waals surface area contributed by atoms with Gasteiger partial charge in [-0.3, -0.25) is 9.59 Å². The quantitative estimate of drug-likeness (QED) is 0.782. The minimum Gasteiger partial charge on any atom is -0.481 e. The van der Waals surface area contributed by atoms with Crippen LogP contribution in [0, 0.1) is 12.8 Å². The summed E-state index contributed by atoms with van der Waals surface area (Å²) in [6.45, 7) is 5.02. The van der Waals surface area contributed by atoms with Crippen molar-refractivity contribution in [3.8, 4) is 0 Å². The molecule has 1 aromatic heterocycles. The van der Waals surface area contributed by atoms with Crippen LogP contribution in [0.1, 0.15) is 25.4 Å². The Morgan fingerprint density at radius 2 is 2.06 bits per heavy atom. The summed E-state index contributed by atoms with van der Waals surface area (Å²) in [6.07, 6.45) is 2.86. The predicted octanol–water partition coefficient (Wildman–Crippen LogP) is 1.83. The lowest BCUT2D eigenvalue weighted by Gasteiger charge is -2.16. The second kappa shape index (κ2) is 6.05. The Balaban J connectivity index is 2.51. The van der Waals surface area contributed by atoms with Crippen molar-refractivity contribution < 1.29 is 19.1 Å². The van der Waals surface area contributed by atoms with Gasteiger partial charge in [-0.25, -0.2) is 0 Å². The van der Waals surface area contributed by atoms with E-state index in [0.717, 1.165) is 5.76 Å². The first kappa shape index (κ1) is 14.0. The van der Waals surface area contributed by atoms with Gasteiger partial charge in [0, 0.05) is 12.1 Å². The van der Waals surface area contributed by atoms with Gasteiger partial charge in [0.05, 0.1) is 5.92 Å². The third-order valence-corrected chi connectivity index (χ3v) is 2.67. The van der Waals surface area contributed by atoms with Crippen molar-refractivity contribution in [1.29, 1.82) is 0 Å². The van der Waals surface area contributed by atoms with Gasteiger partial charge in [0.25, 0.3) is 0 Å². The van der Waals surface area contributed by atoms with Crippen LogP contribution in [0.15, 0.2) is 22.6 Å². The SMILES string of the molecule is Cc1ccc(/C=C/C(=O)NC(C)C(C)C(=O)O)o1. The number of carbonyl (C=O) groups is 2. The lowest BCUT2D eigenvalue weighted by atomic mass is 10.0. The molecule has 0 aliphatic rings. The van der Waals surface area contributed by atoms with E-state index in [0.29, 0.717) is 5.76 Å². The molecule has 0 saturated heterocycles. The molecule has 0 aliphatic heterocycles. The highest BCUT2D eigenvalue weighted by atomic mass is 16.4. The van der Waals surface area contributed by atoms with Crippen molar-refractivity contribution in [2.24, 2.45) is 5.92 Å². The van der Waals surface area contributed by atoms with Crippen LogP contribution in [0.5, 0.6) is 0 Å². The molecule has 1 heterocycles. The first-order valence-corrected chi connectivity index (χ1v) is 5.68. The highest BCUT2D eigenvalue weighted by Crippen LogP contribution is 2.08. The number of carboxylic acid groups (broad SMARTS) is 1. The molecule has 1 aromatic rings. The van der Waals surface area contributed by atoms with Gasteiger partial charge >= 0.3 is 5.97 Å². The van der Waals surface area contributed by atoms with Gasteiger partial charge in [-0.2, -0.15) is 0 Å². The fraction of sp³-hybridized carbons (Fsp3) is 0.385. The van der Waals surface area contributed by atoms with Crippen LogP contribution in [0.3, 0.4) is 0 Å². The average molecular weight is 251 g/mol. The number of nitrogens with one attached hydrogen (secondary N) is 1. The maximum Gasteiger partial charge on any atom is 0.308 e. The summed E-state index contributed by atoms with van der Waals surface area (Å²) >= 11 is 0. The zero-order valence-electron chi connectivity index (χ0n) is 10.6. The summed E-state index contributed by atoms with van der Waals surface area (Å²) in [4.78, 5) is 22.2. The Morgan fingerprint density at radius 3 is 2.56 bits per heavy atom. The number of hydrogen-bond acceptors (Lipinski definition) is 3. The maximum absolute atomic E-state index is 11.5. The van der Waals surface area contributed by atoms with Crippen LogP contribution >= 0.6 is 0 Å². The second-order valence-electron chi connectivity index (χ2n) is 4.21. The van der Waals surface area contributed by atoms with Gasteiger partial charge in [-0.1, -0.05) is 0 Å². The number of amides is 1. The molecule has 0 radical (unpaired) electrons. The topological polar surface area (TPSA) is 79.5 Å². The lowest BCUT2D eigenvalue weighted by Crippen LogP contribution is -2.39. The van der Waals surface area contributed by atoms with E-state index in [-0.39, 0.29) is 5.91 Å². The second-order valence-corrected chi connectivity index (χ2v) is 4.21. The number of carbonyl (C=O) groups excluding carboxylic acids is 1. The van der Waals surface area contributed by atoms with Crippen LogP contribution in [-0.2, 0) is 9.59 Å². The van der Waals surface area contributed by atoms with E-state index in [1.54, 1.807) is 32.1 Å². The first-order chi connectivity index (χ1) is 8.40. The van der Waals surface area contributed by atoms with Crippen LogP contribution in [0.2, 0.25) is 0 Å². The maximum atomic E-state index is 11.5. The third kappa shape index (κ3) is 4.08. The number of aryl methyl sites for hydroxylation is 1. The van der Waals surface area contributed by atoms with Crippen molar-refractivity contribution in [3.05, 3.63) is 29.7 Å². The Bertz CT molecular complexity index is 461. The number of furan rings is 1. The van der Waals surface area contributed by atoms with Crippen LogP contribution in [0.25, 0.3) is 6.08 Å². The molecule has 0 aliphatic carbocycles. The predicted molar refractivity (Wildman–Crippen MR) is 66.9 cm³/mol. The van der Waals surface area contributed by atoms with E-state index in [2.05, 4.69) is 5.32 Å². The molecule has 2 N–H and O–H groups in total. The Kier molecular flexibility index (Phi) is 4.71. The zero-order chi connectivity index (χ0) is 13.7. The minimum atomic E-state index is -0.937. The van der Waals surface area contributed by atoms with E-state index < -0.39 is 17.9 Å². The summed E-state index contributed by atoms with van der Waals surface area (Å²) in [6, 6.07) is 3.12. The summed E-state index contributed by atoms with van der Waals surface area (Å²) in [5, 5.41) is 11.4. The molecular weight excluding hydrogens is 234 g/mol. The molecule has 0 fully saturated rings. The molecule has 0 saturated carbocycles. The minimum absolute atomic E-state index is 0.343. The van der Waals surface area contributed by atoms with Crippen molar-refractivity contribution >= 4 is 18.0 Å². The molecule has 98 valence electrons. The molecule has 0 bridgehead atoms. The van der Waals surface area contributed by atoms with Gasteiger partial charge in [0.2, 0.25) is 5.91 Å². The van der Waals surface area contributed by atoms with E-state index >= 15 is 0 Å². The Hall–Kier alpha value is -2.04. The lowest BCUT2D eigenvalue weighted by molar-refractivity contribution is -0.142. The largest absolute Gasteiger partial charge is 0.481 e. The van der Waals surface area contributed by atoms with Gasteiger partial charge in [0.1, 0.15) is 11.5 Å². The standard InChI is InChI=1S/C13H17NO4/c1-8-4-5-11(18-8)6-7-12(15)14-10(3)9(2)13(16)17/h4-7,9-10H,1-3H3,(H,14,15)(H,16,17)/b7-6+. The van der Waals surface area contributed by atoms with Crippen molar-refractivity contribution in [2.75, 3.05) is 0 Å². The van der Waals surface area contributed by atoms with Gasteiger partial charge in [-0.05, 0) is 39.0 Å². The Labute approximate surface area is 105 Å². The highest BCUT2D eigenvalue weighted by Gasteiger charge is 2.19. The zero-order valence-corrected chi connectivity index (χ0v) is 10.6. The third-order valence-electron chi connectivity index (χ3n) is 2.67. The number of aliphatic carboxylic acids is 1. The molecule has 5 heteroatoms. The van der Waals surface area contributed by atoms with Gasteiger partial charge in [-0.15, -0.1) is 0 Å². The van der Waals surface area contributed by atoms with E-state index in [4.69, 9.17) is 9.52 Å². The summed E-state index contributed by atoms with van der Waals surface area (Å²) in [7, 11) is 0. The van der Waals surface area contributed by atoms with E-state index in [9.17, 15) is 9.59 Å². The van der Waals surface area contributed by atoms with Crippen LogP contribution in [0.4, 0.5) is 0 Å². The van der Waals surface area contributed by atoms with Crippen molar-refractivity contribution in [3.63, 3.8) is 0 Å². The molecule has 2 unspecified atom stereocenters. The van der Waals surface area contributed by atoms with E-state index in [1.165, 1.54) is 6.08 Å². The molecule has 18 heavy (non-hydrogen) atoms. The molecule has 2 atom stereocenters. The first-order valence-electron chi connectivity index (χ1n) is 5.68. The molecular formula is C13H17NO4. The molecule has 1 rings (SSSR count). The van der Waals surface area contributed by atoms with Crippen molar-refractivity contribution in [2.45, 2.75) is 26.8 Å². The fourth-order valence-corrected chi connectivity index (χ4v) is 1.31. The molecule has 5 nitrogen and oxygen atoms in total. The van der Waals surface area contributed by atoms with Crippen LogP contribution < -0.4 is 5.32 Å². The van der Waals surface area contributed by atoms with Gasteiger partial charge in [0.15, 0.2) is 0 Å². The summed E-state index contributed by atoms with van der Waals surface area (Å²) in [5.74, 6) is -0.559. The highest BCUT2D eigenvalue weighted by molar-refractivity contribution is 5.91. The number of carboxylic acids is 1. The number of rotatable bonds is 5.